The van der Waals surface area contributed by atoms with E-state index in [2.05, 4.69) is 33.5 Å². The maximum Gasteiger partial charge on any atom is 0.119 e. The maximum atomic E-state index is 5.22. The summed E-state index contributed by atoms with van der Waals surface area (Å²) in [5.74, 6) is 0.885. The molecule has 0 saturated heterocycles. The molecule has 3 aromatic rings. The van der Waals surface area contributed by atoms with Gasteiger partial charge in [0.15, 0.2) is 0 Å². The van der Waals surface area contributed by atoms with Gasteiger partial charge in [0, 0.05) is 25.5 Å². The highest BCUT2D eigenvalue weighted by atomic mass is 16.5. The zero-order chi connectivity index (χ0) is 14.5. The standard InChI is InChI=1S/C17H17N3O/c1-21-15-4-2-3-13(9-15)11-18-12-14-5-6-16-17(10-14)20-8-7-19-16/h2-10,18H,11-12H2,1H3. The van der Waals surface area contributed by atoms with Gasteiger partial charge < -0.3 is 10.1 Å². The van der Waals surface area contributed by atoms with Gasteiger partial charge in [0.25, 0.3) is 0 Å². The molecule has 0 bridgehead atoms. The van der Waals surface area contributed by atoms with Crippen LogP contribution in [0.4, 0.5) is 0 Å². The number of ether oxygens (including phenoxy) is 1. The first-order valence-corrected chi connectivity index (χ1v) is 6.88. The second-order valence-electron chi connectivity index (χ2n) is 4.83. The molecule has 0 aliphatic carbocycles. The van der Waals surface area contributed by atoms with Crippen LogP contribution >= 0.6 is 0 Å². The number of hydrogen-bond acceptors (Lipinski definition) is 4. The van der Waals surface area contributed by atoms with Crippen molar-refractivity contribution in [2.24, 2.45) is 0 Å². The van der Waals surface area contributed by atoms with E-state index in [1.165, 1.54) is 11.1 Å². The molecule has 1 heterocycles. The highest BCUT2D eigenvalue weighted by Gasteiger charge is 1.99. The first-order valence-electron chi connectivity index (χ1n) is 6.88. The molecule has 4 nitrogen and oxygen atoms in total. The molecule has 0 amide bonds. The Balaban J connectivity index is 1.63. The average Bonchev–Trinajstić information content (AvgIpc) is 2.55. The Morgan fingerprint density at radius 2 is 1.67 bits per heavy atom. The van der Waals surface area contributed by atoms with Crippen molar-refractivity contribution in [2.45, 2.75) is 13.1 Å². The Bertz CT molecular complexity index is 743. The van der Waals surface area contributed by atoms with Crippen LogP contribution in [0.3, 0.4) is 0 Å². The SMILES string of the molecule is COc1cccc(CNCc2ccc3nccnc3c2)c1. The van der Waals surface area contributed by atoms with Gasteiger partial charge in [-0.3, -0.25) is 9.97 Å². The molecule has 0 saturated carbocycles. The van der Waals surface area contributed by atoms with Crippen molar-refractivity contribution in [3.63, 3.8) is 0 Å². The van der Waals surface area contributed by atoms with Crippen molar-refractivity contribution in [3.8, 4) is 5.75 Å². The molecule has 0 unspecified atom stereocenters. The van der Waals surface area contributed by atoms with E-state index in [4.69, 9.17) is 4.74 Å². The second-order valence-corrected chi connectivity index (χ2v) is 4.83. The lowest BCUT2D eigenvalue weighted by Gasteiger charge is -2.07. The Kier molecular flexibility index (Phi) is 4.07. The Hall–Kier alpha value is -2.46. The molecule has 0 aliphatic rings. The van der Waals surface area contributed by atoms with E-state index in [-0.39, 0.29) is 0 Å². The third-order valence-electron chi connectivity index (χ3n) is 3.33. The predicted octanol–water partition coefficient (Wildman–Crippen LogP) is 2.93. The van der Waals surface area contributed by atoms with Crippen LogP contribution in [0, 0.1) is 0 Å². The van der Waals surface area contributed by atoms with Crippen LogP contribution in [0.25, 0.3) is 11.0 Å². The molecule has 106 valence electrons. The van der Waals surface area contributed by atoms with Gasteiger partial charge in [-0.05, 0) is 35.4 Å². The van der Waals surface area contributed by atoms with Crippen molar-refractivity contribution < 1.29 is 4.74 Å². The third kappa shape index (κ3) is 3.35. The number of benzene rings is 2. The van der Waals surface area contributed by atoms with Gasteiger partial charge in [0.1, 0.15) is 5.75 Å². The van der Waals surface area contributed by atoms with Gasteiger partial charge in [0.2, 0.25) is 0 Å². The van der Waals surface area contributed by atoms with Crippen molar-refractivity contribution in [1.82, 2.24) is 15.3 Å². The molecule has 21 heavy (non-hydrogen) atoms. The minimum absolute atomic E-state index is 0.795. The molecular formula is C17H17N3O. The van der Waals surface area contributed by atoms with Gasteiger partial charge in [-0.25, -0.2) is 0 Å². The number of nitrogens with one attached hydrogen (secondary N) is 1. The number of hydrogen-bond donors (Lipinski definition) is 1. The van der Waals surface area contributed by atoms with E-state index in [1.54, 1.807) is 19.5 Å². The largest absolute Gasteiger partial charge is 0.497 e. The summed E-state index contributed by atoms with van der Waals surface area (Å²) in [7, 11) is 1.68. The van der Waals surface area contributed by atoms with Crippen molar-refractivity contribution in [2.75, 3.05) is 7.11 Å². The van der Waals surface area contributed by atoms with Gasteiger partial charge in [-0.1, -0.05) is 18.2 Å². The number of aromatic nitrogens is 2. The topological polar surface area (TPSA) is 47.0 Å². The molecule has 0 atom stereocenters. The molecular weight excluding hydrogens is 262 g/mol. The van der Waals surface area contributed by atoms with Crippen LogP contribution in [-0.4, -0.2) is 17.1 Å². The summed E-state index contributed by atoms with van der Waals surface area (Å²) >= 11 is 0. The smallest absolute Gasteiger partial charge is 0.119 e. The minimum Gasteiger partial charge on any atom is -0.497 e. The van der Waals surface area contributed by atoms with E-state index in [0.29, 0.717) is 0 Å². The van der Waals surface area contributed by atoms with E-state index >= 15 is 0 Å². The monoisotopic (exact) mass is 279 g/mol. The van der Waals surface area contributed by atoms with Crippen LogP contribution in [0.5, 0.6) is 5.75 Å². The maximum absolute atomic E-state index is 5.22. The summed E-state index contributed by atoms with van der Waals surface area (Å²) in [6, 6.07) is 14.2. The average molecular weight is 279 g/mol. The predicted molar refractivity (Wildman–Crippen MR) is 83.1 cm³/mol. The first-order chi connectivity index (χ1) is 10.3. The molecule has 0 spiro atoms. The van der Waals surface area contributed by atoms with E-state index < -0.39 is 0 Å². The number of rotatable bonds is 5. The Labute approximate surface area is 123 Å². The highest BCUT2D eigenvalue weighted by Crippen LogP contribution is 2.13. The summed E-state index contributed by atoms with van der Waals surface area (Å²) in [5.41, 5.74) is 4.26. The summed E-state index contributed by atoms with van der Waals surface area (Å²) in [6.07, 6.45) is 3.43. The van der Waals surface area contributed by atoms with Crippen LogP contribution in [0.1, 0.15) is 11.1 Å². The van der Waals surface area contributed by atoms with Crippen LogP contribution in [0.15, 0.2) is 54.9 Å². The minimum atomic E-state index is 0.795. The lowest BCUT2D eigenvalue weighted by atomic mass is 10.1. The Morgan fingerprint density at radius 3 is 2.48 bits per heavy atom. The normalized spacial score (nSPS) is 10.7. The van der Waals surface area contributed by atoms with Crippen molar-refractivity contribution in [1.29, 1.82) is 0 Å². The lowest BCUT2D eigenvalue weighted by molar-refractivity contribution is 0.414. The van der Waals surface area contributed by atoms with E-state index in [0.717, 1.165) is 29.9 Å². The second kappa shape index (κ2) is 6.33. The summed E-state index contributed by atoms with van der Waals surface area (Å²) in [5, 5.41) is 3.43. The van der Waals surface area contributed by atoms with Gasteiger partial charge in [-0.2, -0.15) is 0 Å². The molecule has 0 aliphatic heterocycles. The molecule has 4 heteroatoms. The number of methoxy groups -OCH3 is 1. The van der Waals surface area contributed by atoms with Gasteiger partial charge in [0.05, 0.1) is 18.1 Å². The van der Waals surface area contributed by atoms with Gasteiger partial charge in [-0.15, -0.1) is 0 Å². The van der Waals surface area contributed by atoms with Gasteiger partial charge >= 0.3 is 0 Å². The lowest BCUT2D eigenvalue weighted by Crippen LogP contribution is -2.12. The number of fused-ring (bicyclic) bond motifs is 1. The van der Waals surface area contributed by atoms with Crippen LogP contribution < -0.4 is 10.1 Å². The number of nitrogens with zero attached hydrogens (tertiary/aromatic N) is 2. The molecule has 3 rings (SSSR count). The van der Waals surface area contributed by atoms with E-state index in [9.17, 15) is 0 Å². The Morgan fingerprint density at radius 1 is 0.905 bits per heavy atom. The summed E-state index contributed by atoms with van der Waals surface area (Å²) in [6.45, 7) is 1.60. The molecule has 2 aromatic carbocycles. The third-order valence-corrected chi connectivity index (χ3v) is 3.33. The molecule has 0 fully saturated rings. The quantitative estimate of drug-likeness (QED) is 0.780. The zero-order valence-electron chi connectivity index (χ0n) is 11.9. The fraction of sp³-hybridized carbons (Fsp3) is 0.176. The van der Waals surface area contributed by atoms with E-state index in [1.807, 2.05) is 24.3 Å². The fourth-order valence-corrected chi connectivity index (χ4v) is 2.25. The fourth-order valence-electron chi connectivity index (χ4n) is 2.25. The molecule has 1 aromatic heterocycles. The summed E-state index contributed by atoms with van der Waals surface area (Å²) in [4.78, 5) is 8.60. The van der Waals surface area contributed by atoms with Crippen molar-refractivity contribution in [3.05, 3.63) is 66.0 Å². The first kappa shape index (κ1) is 13.5. The molecule has 1 N–H and O–H groups in total. The van der Waals surface area contributed by atoms with Crippen LogP contribution in [0.2, 0.25) is 0 Å². The zero-order valence-corrected chi connectivity index (χ0v) is 11.9. The molecule has 0 radical (unpaired) electrons. The van der Waals surface area contributed by atoms with Crippen molar-refractivity contribution >= 4 is 11.0 Å². The highest BCUT2D eigenvalue weighted by molar-refractivity contribution is 5.74. The van der Waals surface area contributed by atoms with Crippen LogP contribution in [-0.2, 0) is 13.1 Å². The summed E-state index contributed by atoms with van der Waals surface area (Å²) < 4.78 is 5.22.